The molecule has 0 bridgehead atoms. The molecule has 2 aromatic carbocycles. The number of nitrogens with one attached hydrogen (secondary N) is 1. The minimum absolute atomic E-state index is 0.0851. The molecule has 4 heteroatoms. The van der Waals surface area contributed by atoms with E-state index >= 15 is 0 Å². The topological polar surface area (TPSA) is 15.3 Å². The zero-order valence-electron chi connectivity index (χ0n) is 12.4. The summed E-state index contributed by atoms with van der Waals surface area (Å²) in [5.41, 5.74) is 2.41. The maximum absolute atomic E-state index is 13.5. The van der Waals surface area contributed by atoms with Crippen molar-refractivity contribution < 1.29 is 8.78 Å². The van der Waals surface area contributed by atoms with Crippen LogP contribution in [0.4, 0.5) is 8.78 Å². The van der Waals surface area contributed by atoms with Crippen molar-refractivity contribution in [1.29, 1.82) is 0 Å². The van der Waals surface area contributed by atoms with Gasteiger partial charge in [0.1, 0.15) is 11.6 Å². The van der Waals surface area contributed by atoms with Gasteiger partial charge in [-0.3, -0.25) is 0 Å². The highest BCUT2D eigenvalue weighted by Crippen LogP contribution is 2.12. The van der Waals surface area contributed by atoms with E-state index in [1.807, 2.05) is 26.2 Å². The fourth-order valence-corrected chi connectivity index (χ4v) is 2.24. The Bertz CT molecular complexity index is 577. The summed E-state index contributed by atoms with van der Waals surface area (Å²) < 4.78 is 27.0. The molecule has 2 aromatic rings. The van der Waals surface area contributed by atoms with Crippen molar-refractivity contribution in [3.8, 4) is 0 Å². The Labute approximate surface area is 124 Å². The van der Waals surface area contributed by atoms with Crippen LogP contribution in [0.3, 0.4) is 0 Å². The van der Waals surface area contributed by atoms with Crippen LogP contribution >= 0.6 is 0 Å². The molecule has 0 heterocycles. The van der Waals surface area contributed by atoms with Crippen molar-refractivity contribution in [3.63, 3.8) is 0 Å². The Kier molecular flexibility index (Phi) is 5.42. The summed E-state index contributed by atoms with van der Waals surface area (Å²) >= 11 is 0. The molecular weight excluding hydrogens is 270 g/mol. The maximum atomic E-state index is 13.5. The van der Waals surface area contributed by atoms with Crippen LogP contribution in [0.5, 0.6) is 0 Å². The molecule has 0 aliphatic heterocycles. The van der Waals surface area contributed by atoms with Gasteiger partial charge in [-0.2, -0.15) is 0 Å². The third-order valence-electron chi connectivity index (χ3n) is 3.18. The van der Waals surface area contributed by atoms with Crippen LogP contribution in [0.2, 0.25) is 0 Å². The lowest BCUT2D eigenvalue weighted by molar-refractivity contribution is 0.402. The molecule has 0 saturated carbocycles. The second-order valence-corrected chi connectivity index (χ2v) is 5.36. The quantitative estimate of drug-likeness (QED) is 0.878. The monoisotopic (exact) mass is 290 g/mol. The third kappa shape index (κ3) is 4.62. The third-order valence-corrected chi connectivity index (χ3v) is 3.18. The predicted octanol–water partition coefficient (Wildman–Crippen LogP) is 3.32. The second-order valence-electron chi connectivity index (χ2n) is 5.36. The molecule has 0 amide bonds. The van der Waals surface area contributed by atoms with E-state index in [9.17, 15) is 8.78 Å². The van der Waals surface area contributed by atoms with Crippen molar-refractivity contribution in [2.75, 3.05) is 14.1 Å². The molecule has 112 valence electrons. The average molecular weight is 290 g/mol. The Morgan fingerprint density at radius 1 is 0.905 bits per heavy atom. The summed E-state index contributed by atoms with van der Waals surface area (Å²) in [6.45, 7) is 1.63. The highest BCUT2D eigenvalue weighted by molar-refractivity contribution is 5.24. The molecule has 0 radical (unpaired) electrons. The van der Waals surface area contributed by atoms with E-state index in [0.29, 0.717) is 6.54 Å². The number of nitrogens with zero attached hydrogens (tertiary/aromatic N) is 1. The number of halogens is 2. The summed E-state index contributed by atoms with van der Waals surface area (Å²) in [5.74, 6) is -1.02. The second kappa shape index (κ2) is 7.29. The van der Waals surface area contributed by atoms with Crippen LogP contribution in [-0.4, -0.2) is 19.0 Å². The molecule has 0 unspecified atom stereocenters. The minimum Gasteiger partial charge on any atom is -0.308 e. The van der Waals surface area contributed by atoms with Gasteiger partial charge in [-0.15, -0.1) is 0 Å². The summed E-state index contributed by atoms with van der Waals surface area (Å²) in [7, 11) is 4.04. The minimum atomic E-state index is -0.510. The number of hydrogen-bond donors (Lipinski definition) is 1. The summed E-state index contributed by atoms with van der Waals surface area (Å²) in [5, 5.41) is 3.09. The van der Waals surface area contributed by atoms with Gasteiger partial charge in [-0.25, -0.2) is 8.78 Å². The van der Waals surface area contributed by atoms with Crippen molar-refractivity contribution in [1.82, 2.24) is 10.2 Å². The van der Waals surface area contributed by atoms with Crippen molar-refractivity contribution >= 4 is 0 Å². The normalized spacial score (nSPS) is 11.1. The molecule has 2 rings (SSSR count). The molecule has 0 aliphatic rings. The average Bonchev–Trinajstić information content (AvgIpc) is 2.42. The van der Waals surface area contributed by atoms with Crippen LogP contribution in [0.15, 0.2) is 42.5 Å². The van der Waals surface area contributed by atoms with Crippen LogP contribution in [0.1, 0.15) is 16.7 Å². The van der Waals surface area contributed by atoms with Gasteiger partial charge >= 0.3 is 0 Å². The van der Waals surface area contributed by atoms with E-state index in [2.05, 4.69) is 22.3 Å². The van der Waals surface area contributed by atoms with Gasteiger partial charge in [-0.05, 0) is 37.4 Å². The van der Waals surface area contributed by atoms with Crippen molar-refractivity contribution in [2.24, 2.45) is 0 Å². The standard InChI is InChI=1S/C17H20F2N2/c1-21(2)12-14-6-3-5-13(9-14)10-20-11-15-16(18)7-4-8-17(15)19/h3-9,20H,10-12H2,1-2H3. The maximum Gasteiger partial charge on any atom is 0.130 e. The molecule has 1 N–H and O–H groups in total. The van der Waals surface area contributed by atoms with Gasteiger partial charge in [0.15, 0.2) is 0 Å². The SMILES string of the molecule is CN(C)Cc1cccc(CNCc2c(F)cccc2F)c1. The van der Waals surface area contributed by atoms with Crippen LogP contribution in [-0.2, 0) is 19.6 Å². The van der Waals surface area contributed by atoms with Crippen LogP contribution < -0.4 is 5.32 Å². The Morgan fingerprint density at radius 3 is 2.19 bits per heavy atom. The molecule has 0 saturated heterocycles. The Balaban J connectivity index is 1.94. The fraction of sp³-hybridized carbons (Fsp3) is 0.294. The van der Waals surface area contributed by atoms with Crippen LogP contribution in [0, 0.1) is 11.6 Å². The smallest absolute Gasteiger partial charge is 0.130 e. The van der Waals surface area contributed by atoms with Gasteiger partial charge in [0.2, 0.25) is 0 Å². The number of benzene rings is 2. The number of hydrogen-bond acceptors (Lipinski definition) is 2. The molecule has 0 spiro atoms. The highest BCUT2D eigenvalue weighted by Gasteiger charge is 2.07. The van der Waals surface area contributed by atoms with Gasteiger partial charge in [0, 0.05) is 25.2 Å². The van der Waals surface area contributed by atoms with E-state index < -0.39 is 11.6 Å². The van der Waals surface area contributed by atoms with E-state index in [1.165, 1.54) is 23.8 Å². The van der Waals surface area contributed by atoms with Crippen molar-refractivity contribution in [2.45, 2.75) is 19.6 Å². The summed E-state index contributed by atoms with van der Waals surface area (Å²) in [6.07, 6.45) is 0. The highest BCUT2D eigenvalue weighted by atomic mass is 19.1. The zero-order valence-corrected chi connectivity index (χ0v) is 12.4. The molecule has 2 nitrogen and oxygen atoms in total. The fourth-order valence-electron chi connectivity index (χ4n) is 2.24. The lowest BCUT2D eigenvalue weighted by Crippen LogP contribution is -2.15. The Hall–Kier alpha value is -1.78. The van der Waals surface area contributed by atoms with Crippen molar-refractivity contribution in [3.05, 3.63) is 70.8 Å². The first kappa shape index (κ1) is 15.6. The molecule has 0 aliphatic carbocycles. The predicted molar refractivity (Wildman–Crippen MR) is 80.7 cm³/mol. The van der Waals surface area contributed by atoms with Crippen LogP contribution in [0.25, 0.3) is 0 Å². The first-order valence-corrected chi connectivity index (χ1v) is 6.92. The summed E-state index contributed by atoms with van der Waals surface area (Å²) in [6, 6.07) is 12.1. The number of rotatable bonds is 6. The largest absolute Gasteiger partial charge is 0.308 e. The van der Waals surface area contributed by atoms with Gasteiger partial charge < -0.3 is 10.2 Å². The van der Waals surface area contributed by atoms with Gasteiger partial charge in [0.05, 0.1) is 0 Å². The van der Waals surface area contributed by atoms with E-state index in [1.54, 1.807) is 0 Å². The lowest BCUT2D eigenvalue weighted by Gasteiger charge is -2.11. The van der Waals surface area contributed by atoms with E-state index in [0.717, 1.165) is 12.1 Å². The van der Waals surface area contributed by atoms with Gasteiger partial charge in [0.25, 0.3) is 0 Å². The molecular formula is C17H20F2N2. The zero-order chi connectivity index (χ0) is 15.2. The van der Waals surface area contributed by atoms with Gasteiger partial charge in [-0.1, -0.05) is 30.3 Å². The molecule has 0 aromatic heterocycles. The molecule has 0 fully saturated rings. The molecule has 0 atom stereocenters. The summed E-state index contributed by atoms with van der Waals surface area (Å²) in [4.78, 5) is 2.10. The lowest BCUT2D eigenvalue weighted by atomic mass is 10.1. The Morgan fingerprint density at radius 2 is 1.52 bits per heavy atom. The first-order valence-electron chi connectivity index (χ1n) is 6.92. The van der Waals surface area contributed by atoms with E-state index in [4.69, 9.17) is 0 Å². The first-order chi connectivity index (χ1) is 10.1. The molecule has 21 heavy (non-hydrogen) atoms. The van der Waals surface area contributed by atoms with E-state index in [-0.39, 0.29) is 12.1 Å².